The van der Waals surface area contributed by atoms with Crippen LogP contribution in [-0.2, 0) is 13.0 Å². The second-order valence-corrected chi connectivity index (χ2v) is 5.88. The summed E-state index contributed by atoms with van der Waals surface area (Å²) in [5, 5.41) is 10.8. The van der Waals surface area contributed by atoms with Gasteiger partial charge in [-0.25, -0.2) is 4.79 Å². The number of fused-ring (bicyclic) bond motifs is 1. The first-order chi connectivity index (χ1) is 11.6. The molecule has 0 spiro atoms. The molecular weight excluding hydrogens is 304 g/mol. The summed E-state index contributed by atoms with van der Waals surface area (Å²) in [7, 11) is 0. The molecule has 0 atom stereocenters. The number of benzene rings is 1. The van der Waals surface area contributed by atoms with E-state index in [0.717, 1.165) is 35.4 Å². The maximum Gasteiger partial charge on any atom is 0.315 e. The molecule has 0 aliphatic carbocycles. The average Bonchev–Trinajstić information content (AvgIpc) is 3.14. The topological polar surface area (TPSA) is 82.9 Å². The van der Waals surface area contributed by atoms with Crippen LogP contribution in [-0.4, -0.2) is 22.7 Å². The summed E-state index contributed by atoms with van der Waals surface area (Å²) in [5.41, 5.74) is 4.18. The van der Waals surface area contributed by atoms with E-state index in [0.29, 0.717) is 13.1 Å². The van der Waals surface area contributed by atoms with Gasteiger partial charge in [-0.2, -0.15) is 0 Å². The van der Waals surface area contributed by atoms with Crippen molar-refractivity contribution in [2.24, 2.45) is 0 Å². The van der Waals surface area contributed by atoms with Crippen LogP contribution in [0.4, 0.5) is 4.79 Å². The summed E-state index contributed by atoms with van der Waals surface area (Å²) in [4.78, 5) is 15.1. The number of urea groups is 1. The van der Waals surface area contributed by atoms with Crippen LogP contribution >= 0.6 is 0 Å². The molecule has 0 fully saturated rings. The Hall–Kier alpha value is -2.76. The van der Waals surface area contributed by atoms with E-state index in [1.165, 1.54) is 10.9 Å². The highest BCUT2D eigenvalue weighted by Gasteiger charge is 2.10. The molecule has 3 rings (SSSR count). The Bertz CT molecular complexity index is 815. The highest BCUT2D eigenvalue weighted by molar-refractivity contribution is 5.83. The van der Waals surface area contributed by atoms with Gasteiger partial charge in [0, 0.05) is 35.8 Å². The average molecular weight is 326 g/mol. The second-order valence-electron chi connectivity index (χ2n) is 5.88. The monoisotopic (exact) mass is 326 g/mol. The maximum absolute atomic E-state index is 11.9. The number of H-pyrrole nitrogens is 1. The lowest BCUT2D eigenvalue weighted by molar-refractivity contribution is 0.240. The van der Waals surface area contributed by atoms with Gasteiger partial charge in [0.1, 0.15) is 5.76 Å². The highest BCUT2D eigenvalue weighted by Crippen LogP contribution is 2.18. The number of rotatable bonds is 6. The number of aryl methyl sites for hydroxylation is 3. The largest absolute Gasteiger partial charge is 0.361 e. The molecule has 1 aromatic carbocycles. The number of hydrogen-bond donors (Lipinski definition) is 3. The molecule has 6 heteroatoms. The van der Waals surface area contributed by atoms with Gasteiger partial charge in [0.25, 0.3) is 0 Å². The predicted molar refractivity (Wildman–Crippen MR) is 92.8 cm³/mol. The second kappa shape index (κ2) is 7.21. The van der Waals surface area contributed by atoms with E-state index in [-0.39, 0.29) is 6.03 Å². The molecule has 24 heavy (non-hydrogen) atoms. The number of nitrogens with one attached hydrogen (secondary N) is 3. The Kier molecular flexibility index (Phi) is 4.84. The van der Waals surface area contributed by atoms with Crippen molar-refractivity contribution < 1.29 is 9.32 Å². The zero-order valence-electron chi connectivity index (χ0n) is 14.0. The van der Waals surface area contributed by atoms with Gasteiger partial charge >= 0.3 is 6.03 Å². The van der Waals surface area contributed by atoms with Crippen molar-refractivity contribution in [1.82, 2.24) is 20.8 Å². The number of hydrogen-bond acceptors (Lipinski definition) is 3. The van der Waals surface area contributed by atoms with Gasteiger partial charge < -0.3 is 20.1 Å². The van der Waals surface area contributed by atoms with Crippen LogP contribution in [0.1, 0.15) is 29.0 Å². The van der Waals surface area contributed by atoms with Crippen LogP contribution in [0.15, 0.2) is 35.0 Å². The molecule has 0 saturated carbocycles. The minimum atomic E-state index is -0.172. The third-order valence-corrected chi connectivity index (χ3v) is 4.19. The van der Waals surface area contributed by atoms with Gasteiger partial charge in [0.15, 0.2) is 0 Å². The van der Waals surface area contributed by atoms with Crippen LogP contribution in [0.2, 0.25) is 0 Å². The fourth-order valence-electron chi connectivity index (χ4n) is 2.80. The van der Waals surface area contributed by atoms with Crippen molar-refractivity contribution in [3.05, 3.63) is 53.0 Å². The third-order valence-electron chi connectivity index (χ3n) is 4.19. The summed E-state index contributed by atoms with van der Waals surface area (Å²) in [6, 6.07) is 8.08. The molecule has 2 amide bonds. The van der Waals surface area contributed by atoms with Crippen molar-refractivity contribution in [3.8, 4) is 0 Å². The molecule has 3 N–H and O–H groups in total. The molecule has 2 aromatic heterocycles. The zero-order chi connectivity index (χ0) is 16.9. The van der Waals surface area contributed by atoms with Crippen molar-refractivity contribution in [2.75, 3.05) is 6.54 Å². The van der Waals surface area contributed by atoms with Gasteiger partial charge in [-0.3, -0.25) is 0 Å². The fraction of sp³-hybridized carbons (Fsp3) is 0.333. The molecule has 0 radical (unpaired) electrons. The first kappa shape index (κ1) is 16.1. The number of nitrogens with zero attached hydrogens (tertiary/aromatic N) is 1. The molecular formula is C18H22N4O2. The van der Waals surface area contributed by atoms with E-state index in [4.69, 9.17) is 4.52 Å². The lowest BCUT2D eigenvalue weighted by atomic mass is 10.1. The third kappa shape index (κ3) is 3.59. The molecule has 0 aliphatic heterocycles. The van der Waals surface area contributed by atoms with Crippen LogP contribution in [0.25, 0.3) is 10.9 Å². The Morgan fingerprint density at radius 2 is 2.08 bits per heavy atom. The molecule has 3 aromatic rings. The minimum absolute atomic E-state index is 0.172. The van der Waals surface area contributed by atoms with E-state index in [1.54, 1.807) is 0 Å². The molecule has 2 heterocycles. The summed E-state index contributed by atoms with van der Waals surface area (Å²) < 4.78 is 5.08. The smallest absolute Gasteiger partial charge is 0.315 e. The first-order valence-corrected chi connectivity index (χ1v) is 8.13. The van der Waals surface area contributed by atoms with Gasteiger partial charge in [0.2, 0.25) is 0 Å². The number of aromatic nitrogens is 2. The summed E-state index contributed by atoms with van der Waals surface area (Å²) in [5.74, 6) is 0.743. The van der Waals surface area contributed by atoms with Crippen molar-refractivity contribution >= 4 is 16.9 Å². The molecule has 0 aliphatic rings. The van der Waals surface area contributed by atoms with Crippen LogP contribution in [0.5, 0.6) is 0 Å². The summed E-state index contributed by atoms with van der Waals surface area (Å²) >= 11 is 0. The normalized spacial score (nSPS) is 10.9. The molecule has 0 unspecified atom stereocenters. The van der Waals surface area contributed by atoms with Crippen LogP contribution in [0.3, 0.4) is 0 Å². The van der Waals surface area contributed by atoms with Gasteiger partial charge in [0.05, 0.1) is 5.69 Å². The maximum atomic E-state index is 11.9. The van der Waals surface area contributed by atoms with Crippen molar-refractivity contribution in [1.29, 1.82) is 0 Å². The van der Waals surface area contributed by atoms with E-state index < -0.39 is 0 Å². The van der Waals surface area contributed by atoms with Gasteiger partial charge in [-0.15, -0.1) is 0 Å². The van der Waals surface area contributed by atoms with E-state index in [1.807, 2.05) is 32.2 Å². The Labute approximate surface area is 140 Å². The molecule has 126 valence electrons. The van der Waals surface area contributed by atoms with E-state index in [9.17, 15) is 4.79 Å². The Morgan fingerprint density at radius 1 is 1.25 bits per heavy atom. The lowest BCUT2D eigenvalue weighted by Gasteiger charge is -2.07. The predicted octanol–water partition coefficient (Wildman–Crippen LogP) is 3.20. The zero-order valence-corrected chi connectivity index (χ0v) is 14.0. The quantitative estimate of drug-likeness (QED) is 0.608. The highest BCUT2D eigenvalue weighted by atomic mass is 16.5. The number of carbonyl (C=O) groups is 1. The van der Waals surface area contributed by atoms with Gasteiger partial charge in [-0.05, 0) is 38.3 Å². The van der Waals surface area contributed by atoms with Crippen LogP contribution < -0.4 is 10.6 Å². The molecule has 0 bridgehead atoms. The minimum Gasteiger partial charge on any atom is -0.361 e. The Balaban J connectivity index is 1.41. The number of aromatic amines is 1. The number of amides is 2. The SMILES string of the molecule is Cc1noc(C)c1CNC(=O)NCCCc1c[nH]c2ccccc12. The fourth-order valence-corrected chi connectivity index (χ4v) is 2.80. The Morgan fingerprint density at radius 3 is 2.88 bits per heavy atom. The lowest BCUT2D eigenvalue weighted by Crippen LogP contribution is -2.35. The summed E-state index contributed by atoms with van der Waals surface area (Å²) in [6.45, 7) is 4.77. The van der Waals surface area contributed by atoms with Crippen molar-refractivity contribution in [2.45, 2.75) is 33.2 Å². The molecule has 0 saturated heterocycles. The van der Waals surface area contributed by atoms with E-state index in [2.05, 4.69) is 32.9 Å². The number of carbonyl (C=O) groups excluding carboxylic acids is 1. The first-order valence-electron chi connectivity index (χ1n) is 8.13. The molecule has 6 nitrogen and oxygen atoms in total. The standard InChI is InChI=1S/C18H22N4O2/c1-12-16(13(2)24-22-12)11-21-18(23)19-9-5-6-14-10-20-17-8-4-3-7-15(14)17/h3-4,7-8,10,20H,5-6,9,11H2,1-2H3,(H2,19,21,23). The number of para-hydroxylation sites is 1. The van der Waals surface area contributed by atoms with E-state index >= 15 is 0 Å². The van der Waals surface area contributed by atoms with Crippen molar-refractivity contribution in [3.63, 3.8) is 0 Å². The summed E-state index contributed by atoms with van der Waals surface area (Å²) in [6.07, 6.45) is 3.86. The van der Waals surface area contributed by atoms with Gasteiger partial charge in [-0.1, -0.05) is 23.4 Å². The van der Waals surface area contributed by atoms with Crippen LogP contribution in [0, 0.1) is 13.8 Å².